The molecule has 0 heteroatoms. The zero-order chi connectivity index (χ0) is 11.3. The van der Waals surface area contributed by atoms with Gasteiger partial charge in [0.25, 0.3) is 0 Å². The van der Waals surface area contributed by atoms with E-state index in [2.05, 4.69) is 54.6 Å². The maximum atomic E-state index is 2.35. The molecular formula is C17H16. The first-order chi connectivity index (χ1) is 8.41. The molecule has 0 bridgehead atoms. The van der Waals surface area contributed by atoms with Gasteiger partial charge >= 0.3 is 0 Å². The van der Waals surface area contributed by atoms with Gasteiger partial charge in [-0.15, -0.1) is 0 Å². The Bertz CT molecular complexity index is 555. The average molecular weight is 220 g/mol. The van der Waals surface area contributed by atoms with E-state index >= 15 is 0 Å². The third-order valence-electron chi connectivity index (χ3n) is 4.65. The molecule has 84 valence electrons. The molecule has 0 N–H and O–H groups in total. The van der Waals surface area contributed by atoms with E-state index in [1.165, 1.54) is 24.8 Å². The molecule has 0 amide bonds. The summed E-state index contributed by atoms with van der Waals surface area (Å²) in [5, 5.41) is 0. The SMILES string of the molecule is c1ccc([C@@]23C[C@@H]2CCc2ccccc23)cc1. The van der Waals surface area contributed by atoms with Gasteiger partial charge < -0.3 is 0 Å². The minimum Gasteiger partial charge on any atom is -0.0622 e. The number of benzene rings is 2. The summed E-state index contributed by atoms with van der Waals surface area (Å²) in [5.74, 6) is 0.889. The molecule has 1 fully saturated rings. The number of fused-ring (bicyclic) bond motifs is 3. The van der Waals surface area contributed by atoms with Crippen LogP contribution in [0.4, 0.5) is 0 Å². The second kappa shape index (κ2) is 3.22. The van der Waals surface area contributed by atoms with Gasteiger partial charge in [-0.1, -0.05) is 54.6 Å². The number of rotatable bonds is 1. The van der Waals surface area contributed by atoms with E-state index in [4.69, 9.17) is 0 Å². The molecule has 0 heterocycles. The highest BCUT2D eigenvalue weighted by Crippen LogP contribution is 2.63. The third kappa shape index (κ3) is 1.18. The molecule has 0 spiro atoms. The smallest absolute Gasteiger partial charge is 0.0237 e. The Kier molecular flexibility index (Phi) is 1.80. The molecule has 2 aromatic carbocycles. The van der Waals surface area contributed by atoms with Gasteiger partial charge in [0.1, 0.15) is 0 Å². The first kappa shape index (κ1) is 9.47. The van der Waals surface area contributed by atoms with E-state index in [9.17, 15) is 0 Å². The summed E-state index contributed by atoms with van der Waals surface area (Å²) in [7, 11) is 0. The van der Waals surface area contributed by atoms with Gasteiger partial charge in [-0.2, -0.15) is 0 Å². The maximum absolute atomic E-state index is 2.35. The summed E-state index contributed by atoms with van der Waals surface area (Å²) in [6.45, 7) is 0. The normalized spacial score (nSPS) is 29.3. The van der Waals surface area contributed by atoms with Gasteiger partial charge in [-0.05, 0) is 41.9 Å². The molecule has 4 rings (SSSR count). The molecule has 0 unspecified atom stereocenters. The van der Waals surface area contributed by atoms with Gasteiger partial charge in [0.05, 0.1) is 0 Å². The Morgan fingerprint density at radius 1 is 0.882 bits per heavy atom. The van der Waals surface area contributed by atoms with Crippen molar-refractivity contribution in [3.05, 3.63) is 71.3 Å². The fourth-order valence-corrected chi connectivity index (χ4v) is 3.76. The Morgan fingerprint density at radius 3 is 2.53 bits per heavy atom. The lowest BCUT2D eigenvalue weighted by Crippen LogP contribution is -2.19. The van der Waals surface area contributed by atoms with Gasteiger partial charge in [-0.25, -0.2) is 0 Å². The summed E-state index contributed by atoms with van der Waals surface area (Å²) >= 11 is 0. The zero-order valence-electron chi connectivity index (χ0n) is 9.89. The highest BCUT2D eigenvalue weighted by molar-refractivity contribution is 5.52. The summed E-state index contributed by atoms with van der Waals surface area (Å²) in [6.07, 6.45) is 4.00. The van der Waals surface area contributed by atoms with E-state index in [1.807, 2.05) is 0 Å². The Hall–Kier alpha value is -1.56. The van der Waals surface area contributed by atoms with Crippen LogP contribution in [-0.2, 0) is 11.8 Å². The van der Waals surface area contributed by atoms with Gasteiger partial charge in [0, 0.05) is 5.41 Å². The van der Waals surface area contributed by atoms with Crippen LogP contribution in [0.15, 0.2) is 54.6 Å². The lowest BCUT2D eigenvalue weighted by atomic mass is 9.78. The summed E-state index contributed by atoms with van der Waals surface area (Å²) in [5.41, 5.74) is 5.07. The van der Waals surface area contributed by atoms with Crippen molar-refractivity contribution in [2.75, 3.05) is 0 Å². The van der Waals surface area contributed by atoms with Crippen LogP contribution >= 0.6 is 0 Å². The molecule has 0 nitrogen and oxygen atoms in total. The first-order valence-corrected chi connectivity index (χ1v) is 6.55. The van der Waals surface area contributed by atoms with Crippen LogP contribution in [0.3, 0.4) is 0 Å². The van der Waals surface area contributed by atoms with Crippen molar-refractivity contribution in [1.82, 2.24) is 0 Å². The molecule has 2 aromatic rings. The van der Waals surface area contributed by atoms with Crippen LogP contribution in [0, 0.1) is 5.92 Å². The molecule has 0 aromatic heterocycles. The molecule has 0 radical (unpaired) electrons. The molecule has 2 aliphatic carbocycles. The highest BCUT2D eigenvalue weighted by Gasteiger charge is 2.58. The van der Waals surface area contributed by atoms with E-state index < -0.39 is 0 Å². The topological polar surface area (TPSA) is 0 Å². The average Bonchev–Trinajstić information content (AvgIpc) is 3.16. The third-order valence-corrected chi connectivity index (χ3v) is 4.65. The monoisotopic (exact) mass is 220 g/mol. The molecule has 1 saturated carbocycles. The van der Waals surface area contributed by atoms with Crippen molar-refractivity contribution in [2.24, 2.45) is 5.92 Å². The van der Waals surface area contributed by atoms with Crippen molar-refractivity contribution in [1.29, 1.82) is 0 Å². The van der Waals surface area contributed by atoms with Gasteiger partial charge in [0.15, 0.2) is 0 Å². The molecule has 2 atom stereocenters. The minimum atomic E-state index is 0.371. The van der Waals surface area contributed by atoms with Gasteiger partial charge in [0.2, 0.25) is 0 Å². The highest BCUT2D eigenvalue weighted by atomic mass is 14.6. The largest absolute Gasteiger partial charge is 0.0622 e. The lowest BCUT2D eigenvalue weighted by molar-refractivity contribution is 0.596. The Balaban J connectivity index is 1.92. The van der Waals surface area contributed by atoms with Crippen LogP contribution < -0.4 is 0 Å². The summed E-state index contributed by atoms with van der Waals surface area (Å²) < 4.78 is 0. The van der Waals surface area contributed by atoms with Crippen molar-refractivity contribution in [2.45, 2.75) is 24.7 Å². The van der Waals surface area contributed by atoms with E-state index in [1.54, 1.807) is 11.1 Å². The number of aryl methyl sites for hydroxylation is 1. The molecule has 2 aliphatic rings. The minimum absolute atomic E-state index is 0.371. The fourth-order valence-electron chi connectivity index (χ4n) is 3.76. The molecular weight excluding hydrogens is 204 g/mol. The van der Waals surface area contributed by atoms with Crippen molar-refractivity contribution in [3.8, 4) is 0 Å². The second-order valence-corrected chi connectivity index (χ2v) is 5.43. The van der Waals surface area contributed by atoms with E-state index in [0.717, 1.165) is 5.92 Å². The van der Waals surface area contributed by atoms with Crippen LogP contribution in [0.2, 0.25) is 0 Å². The Labute approximate surface area is 102 Å². The van der Waals surface area contributed by atoms with Crippen LogP contribution in [0.1, 0.15) is 29.5 Å². The second-order valence-electron chi connectivity index (χ2n) is 5.43. The summed E-state index contributed by atoms with van der Waals surface area (Å²) in [6, 6.07) is 20.1. The van der Waals surface area contributed by atoms with Crippen LogP contribution in [-0.4, -0.2) is 0 Å². The van der Waals surface area contributed by atoms with Crippen molar-refractivity contribution >= 4 is 0 Å². The number of hydrogen-bond acceptors (Lipinski definition) is 0. The maximum Gasteiger partial charge on any atom is 0.0237 e. The number of hydrogen-bond donors (Lipinski definition) is 0. The van der Waals surface area contributed by atoms with Crippen molar-refractivity contribution < 1.29 is 0 Å². The van der Waals surface area contributed by atoms with Gasteiger partial charge in [-0.3, -0.25) is 0 Å². The predicted octanol–water partition coefficient (Wildman–Crippen LogP) is 3.94. The quantitative estimate of drug-likeness (QED) is 0.683. The predicted molar refractivity (Wildman–Crippen MR) is 70.1 cm³/mol. The van der Waals surface area contributed by atoms with Crippen LogP contribution in [0.25, 0.3) is 0 Å². The molecule has 0 aliphatic heterocycles. The fraction of sp³-hybridized carbons (Fsp3) is 0.294. The molecule has 17 heavy (non-hydrogen) atoms. The lowest BCUT2D eigenvalue weighted by Gasteiger charge is -2.26. The van der Waals surface area contributed by atoms with E-state index in [-0.39, 0.29) is 0 Å². The standard InChI is InChI=1S/C17H16/c1-2-7-14(8-3-1)17-12-15(17)11-10-13-6-4-5-9-16(13)17/h1-9,15H,10-12H2/t15-,17-/m0/s1. The van der Waals surface area contributed by atoms with E-state index in [0.29, 0.717) is 5.41 Å². The first-order valence-electron chi connectivity index (χ1n) is 6.55. The molecule has 0 saturated heterocycles. The zero-order valence-corrected chi connectivity index (χ0v) is 9.89. The van der Waals surface area contributed by atoms with Crippen LogP contribution in [0.5, 0.6) is 0 Å². The Morgan fingerprint density at radius 2 is 1.65 bits per heavy atom. The summed E-state index contributed by atoms with van der Waals surface area (Å²) in [4.78, 5) is 0. The van der Waals surface area contributed by atoms with Crippen molar-refractivity contribution in [3.63, 3.8) is 0 Å².